The number of carbonyl (C=O) groups excluding carboxylic acids is 1. The standard InChI is InChI=1S/C20H25N3O.ClH/c1-2-15-18(19(20(21)24)16-5-3-4-6-23(15)16)17-13-7-12-8-14(17)11-22(9-12)10-13;/h3-6,12-14,17H,2,7-11H2,1H3,(H2,21,24);1H/t12-,13-,14+,17+;. The zero-order valence-corrected chi connectivity index (χ0v) is 15.5. The van der Waals surface area contributed by atoms with E-state index < -0.39 is 0 Å². The molecule has 2 aromatic heterocycles. The Kier molecular flexibility index (Phi) is 4.08. The van der Waals surface area contributed by atoms with Gasteiger partial charge in [0.1, 0.15) is 0 Å². The lowest BCUT2D eigenvalue weighted by Crippen LogP contribution is -2.57. The summed E-state index contributed by atoms with van der Waals surface area (Å²) in [4.78, 5) is 15.0. The number of aromatic nitrogens is 1. The van der Waals surface area contributed by atoms with Crippen LogP contribution in [-0.4, -0.2) is 34.8 Å². The van der Waals surface area contributed by atoms with Crippen molar-refractivity contribution in [3.05, 3.63) is 41.2 Å². The van der Waals surface area contributed by atoms with Crippen LogP contribution in [0.1, 0.15) is 47.3 Å². The van der Waals surface area contributed by atoms with Crippen molar-refractivity contribution in [1.29, 1.82) is 0 Å². The fourth-order valence-corrected chi connectivity index (χ4v) is 6.15. The van der Waals surface area contributed by atoms with Crippen molar-refractivity contribution in [3.8, 4) is 0 Å². The number of hydrogen-bond donors (Lipinski definition) is 1. The SMILES string of the molecule is CCc1c([C@H]2[C@@H]3C[C@@H]4C[C@H]2CN(C4)C3)c(C(N)=O)c2ccccn12.Cl. The molecule has 4 nitrogen and oxygen atoms in total. The maximum absolute atomic E-state index is 12.4. The molecule has 4 fully saturated rings. The number of hydrogen-bond acceptors (Lipinski definition) is 2. The molecule has 4 bridgehead atoms. The Labute approximate surface area is 154 Å². The smallest absolute Gasteiger partial charge is 0.251 e. The summed E-state index contributed by atoms with van der Waals surface area (Å²) in [5.74, 6) is 2.50. The third kappa shape index (κ3) is 2.34. The molecule has 2 N–H and O–H groups in total. The van der Waals surface area contributed by atoms with E-state index in [1.807, 2.05) is 18.2 Å². The van der Waals surface area contributed by atoms with Gasteiger partial charge in [0.15, 0.2) is 0 Å². The number of nitrogens with two attached hydrogens (primary N) is 1. The van der Waals surface area contributed by atoms with Crippen LogP contribution in [-0.2, 0) is 6.42 Å². The van der Waals surface area contributed by atoms with Gasteiger partial charge in [-0.15, -0.1) is 12.4 Å². The number of pyridine rings is 1. The normalized spacial score (nSPS) is 32.8. The molecule has 1 unspecified atom stereocenters. The summed E-state index contributed by atoms with van der Waals surface area (Å²) in [6.07, 6.45) is 5.68. The Morgan fingerprint density at radius 3 is 2.52 bits per heavy atom. The van der Waals surface area contributed by atoms with Crippen molar-refractivity contribution < 1.29 is 4.79 Å². The van der Waals surface area contributed by atoms with Crippen LogP contribution < -0.4 is 5.73 Å². The number of primary amides is 1. The van der Waals surface area contributed by atoms with Crippen molar-refractivity contribution >= 4 is 23.8 Å². The number of amides is 1. The summed E-state index contributed by atoms with van der Waals surface area (Å²) in [7, 11) is 0. The average molecular weight is 360 g/mol. The number of carbonyl (C=O) groups is 1. The summed E-state index contributed by atoms with van der Waals surface area (Å²) in [5, 5.41) is 0. The van der Waals surface area contributed by atoms with Gasteiger partial charge in [0.2, 0.25) is 0 Å². The summed E-state index contributed by atoms with van der Waals surface area (Å²) >= 11 is 0. The molecule has 25 heavy (non-hydrogen) atoms. The van der Waals surface area contributed by atoms with Crippen molar-refractivity contribution in [2.24, 2.45) is 23.5 Å². The third-order valence-electron chi connectivity index (χ3n) is 6.69. The maximum Gasteiger partial charge on any atom is 0.251 e. The van der Waals surface area contributed by atoms with Gasteiger partial charge in [0.25, 0.3) is 5.91 Å². The molecule has 5 atom stereocenters. The molecule has 2 aromatic rings. The Balaban J connectivity index is 0.00000157. The van der Waals surface area contributed by atoms with Gasteiger partial charge in [-0.2, -0.15) is 0 Å². The fourth-order valence-electron chi connectivity index (χ4n) is 6.15. The molecule has 3 aliphatic heterocycles. The van der Waals surface area contributed by atoms with Gasteiger partial charge in [-0.05, 0) is 60.6 Å². The number of fused-ring (bicyclic) bond motifs is 1. The monoisotopic (exact) mass is 359 g/mol. The van der Waals surface area contributed by atoms with E-state index in [9.17, 15) is 4.79 Å². The van der Waals surface area contributed by atoms with E-state index >= 15 is 0 Å². The summed E-state index contributed by atoms with van der Waals surface area (Å²) in [6, 6.07) is 6.10. The Hall–Kier alpha value is -1.52. The maximum atomic E-state index is 12.4. The molecule has 5 heteroatoms. The first kappa shape index (κ1) is 16.9. The van der Waals surface area contributed by atoms with Gasteiger partial charge < -0.3 is 15.0 Å². The summed E-state index contributed by atoms with van der Waals surface area (Å²) in [6.45, 7) is 5.89. The van der Waals surface area contributed by atoms with Crippen molar-refractivity contribution in [1.82, 2.24) is 9.30 Å². The molecule has 5 heterocycles. The lowest BCUT2D eigenvalue weighted by molar-refractivity contribution is -0.0360. The van der Waals surface area contributed by atoms with Gasteiger partial charge in [0, 0.05) is 31.5 Å². The number of nitrogens with zero attached hydrogens (tertiary/aromatic N) is 2. The molecule has 1 aliphatic carbocycles. The molecule has 1 amide bonds. The van der Waals surface area contributed by atoms with Crippen LogP contribution in [0.5, 0.6) is 0 Å². The van der Waals surface area contributed by atoms with Gasteiger partial charge in [0.05, 0.1) is 11.1 Å². The van der Waals surface area contributed by atoms with Gasteiger partial charge in [-0.25, -0.2) is 0 Å². The van der Waals surface area contributed by atoms with E-state index in [4.69, 9.17) is 5.73 Å². The molecule has 0 aromatic carbocycles. The highest BCUT2D eigenvalue weighted by Gasteiger charge is 2.49. The van der Waals surface area contributed by atoms with Crippen LogP contribution in [0.25, 0.3) is 5.52 Å². The molecular weight excluding hydrogens is 334 g/mol. The van der Waals surface area contributed by atoms with E-state index in [1.165, 1.54) is 43.7 Å². The largest absolute Gasteiger partial charge is 0.366 e. The molecule has 1 saturated carbocycles. The predicted molar refractivity (Wildman–Crippen MR) is 101 cm³/mol. The Bertz CT molecular complexity index is 800. The molecule has 4 aliphatic rings. The van der Waals surface area contributed by atoms with Crippen LogP contribution in [0, 0.1) is 17.8 Å². The van der Waals surface area contributed by atoms with Crippen molar-refractivity contribution in [3.63, 3.8) is 0 Å². The second-order valence-corrected chi connectivity index (χ2v) is 8.01. The lowest BCUT2D eigenvalue weighted by atomic mass is 9.59. The zero-order chi connectivity index (χ0) is 16.4. The van der Waals surface area contributed by atoms with Gasteiger partial charge in [-0.1, -0.05) is 13.0 Å². The van der Waals surface area contributed by atoms with Crippen LogP contribution in [0.15, 0.2) is 24.4 Å². The first-order chi connectivity index (χ1) is 11.7. The molecule has 3 saturated heterocycles. The third-order valence-corrected chi connectivity index (χ3v) is 6.69. The highest BCUT2D eigenvalue weighted by atomic mass is 35.5. The quantitative estimate of drug-likeness (QED) is 0.915. The molecule has 0 radical (unpaired) electrons. The van der Waals surface area contributed by atoms with Crippen molar-refractivity contribution in [2.75, 3.05) is 19.6 Å². The summed E-state index contributed by atoms with van der Waals surface area (Å²) < 4.78 is 2.21. The number of aryl methyl sites for hydroxylation is 1. The fraction of sp³-hybridized carbons (Fsp3) is 0.550. The molecule has 0 spiro atoms. The topological polar surface area (TPSA) is 50.7 Å². The predicted octanol–water partition coefficient (Wildman–Crippen LogP) is 3.08. The van der Waals surface area contributed by atoms with E-state index in [2.05, 4.69) is 22.4 Å². The minimum atomic E-state index is -0.262. The number of rotatable bonds is 3. The molecular formula is C20H26ClN3O. The average Bonchev–Trinajstić information content (AvgIpc) is 2.88. The van der Waals surface area contributed by atoms with Crippen LogP contribution >= 0.6 is 12.4 Å². The first-order valence-corrected chi connectivity index (χ1v) is 9.31. The van der Waals surface area contributed by atoms with Crippen molar-refractivity contribution in [2.45, 2.75) is 32.1 Å². The highest BCUT2D eigenvalue weighted by molar-refractivity contribution is 6.02. The van der Waals surface area contributed by atoms with Gasteiger partial charge >= 0.3 is 0 Å². The van der Waals surface area contributed by atoms with E-state index in [0.717, 1.165) is 23.4 Å². The Morgan fingerprint density at radius 1 is 1.20 bits per heavy atom. The Morgan fingerprint density at radius 2 is 1.92 bits per heavy atom. The number of halogens is 1. The number of piperidine rings is 3. The van der Waals surface area contributed by atoms with E-state index in [1.54, 1.807) is 0 Å². The highest BCUT2D eigenvalue weighted by Crippen LogP contribution is 2.53. The molecule has 134 valence electrons. The summed E-state index contributed by atoms with van der Waals surface area (Å²) in [5.41, 5.74) is 10.2. The van der Waals surface area contributed by atoms with Crippen LogP contribution in [0.4, 0.5) is 0 Å². The second kappa shape index (κ2) is 6.03. The van der Waals surface area contributed by atoms with Crippen LogP contribution in [0.3, 0.4) is 0 Å². The minimum Gasteiger partial charge on any atom is -0.366 e. The van der Waals surface area contributed by atoms with E-state index in [0.29, 0.717) is 17.8 Å². The zero-order valence-electron chi connectivity index (χ0n) is 14.6. The molecule has 6 rings (SSSR count). The lowest BCUT2D eigenvalue weighted by Gasteiger charge is -2.56. The van der Waals surface area contributed by atoms with Gasteiger partial charge in [-0.3, -0.25) is 4.79 Å². The minimum absolute atomic E-state index is 0. The second-order valence-electron chi connectivity index (χ2n) is 8.01. The van der Waals surface area contributed by atoms with E-state index in [-0.39, 0.29) is 18.3 Å². The van der Waals surface area contributed by atoms with Crippen LogP contribution in [0.2, 0.25) is 0 Å². The first-order valence-electron chi connectivity index (χ1n) is 9.31.